The molecule has 0 radical (unpaired) electrons. The predicted octanol–water partition coefficient (Wildman–Crippen LogP) is 1.47. The molecule has 144 valence electrons. The molecule has 0 saturated heterocycles. The Hall–Kier alpha value is -1.84. The molecule has 0 spiro atoms. The Labute approximate surface area is 159 Å². The summed E-state index contributed by atoms with van der Waals surface area (Å²) in [6, 6.07) is 11.1. The first kappa shape index (κ1) is 22.2. The summed E-state index contributed by atoms with van der Waals surface area (Å²) in [6.07, 6.45) is -0.866. The molecule has 0 heterocycles. The van der Waals surface area contributed by atoms with Crippen LogP contribution in [0.1, 0.15) is 17.2 Å². The van der Waals surface area contributed by atoms with Gasteiger partial charge in [0.15, 0.2) is 0 Å². The van der Waals surface area contributed by atoms with Crippen molar-refractivity contribution in [1.29, 1.82) is 0 Å². The van der Waals surface area contributed by atoms with Crippen molar-refractivity contribution in [3.8, 4) is 11.5 Å². The topological polar surface area (TPSA) is 122 Å². The number of aromatic hydroxyl groups is 1. The van der Waals surface area contributed by atoms with Crippen molar-refractivity contribution in [2.24, 2.45) is 5.14 Å². The Morgan fingerprint density at radius 2 is 1.85 bits per heavy atom. The lowest BCUT2D eigenvalue weighted by Gasteiger charge is -2.14. The third-order valence-electron chi connectivity index (χ3n) is 3.63. The fraction of sp³-hybridized carbons (Fsp3) is 0.294. The van der Waals surface area contributed by atoms with Crippen LogP contribution in [0.2, 0.25) is 0 Å². The number of nitrogens with one attached hydrogen (secondary N) is 1. The summed E-state index contributed by atoms with van der Waals surface area (Å²) in [6.45, 7) is 2.76. The van der Waals surface area contributed by atoms with E-state index in [9.17, 15) is 18.6 Å². The molecule has 0 bridgehead atoms. The van der Waals surface area contributed by atoms with E-state index in [0.717, 1.165) is 0 Å². The van der Waals surface area contributed by atoms with E-state index in [2.05, 4.69) is 5.32 Å². The monoisotopic (exact) mass is 402 g/mol. The molecule has 0 aliphatic rings. The van der Waals surface area contributed by atoms with E-state index in [0.29, 0.717) is 30.0 Å². The zero-order valence-corrected chi connectivity index (χ0v) is 15.9. The molecule has 1 atom stereocenters. The van der Waals surface area contributed by atoms with Gasteiger partial charge in [0.2, 0.25) is 10.0 Å². The maximum Gasteiger partial charge on any atom is 0.238 e. The summed E-state index contributed by atoms with van der Waals surface area (Å²) >= 11 is 0. The number of ether oxygens (including phenoxy) is 1. The number of sulfonamides is 1. The van der Waals surface area contributed by atoms with Crippen LogP contribution < -0.4 is 15.2 Å². The summed E-state index contributed by atoms with van der Waals surface area (Å²) in [5.74, 6) is 0.807. The van der Waals surface area contributed by atoms with Crippen LogP contribution in [0.25, 0.3) is 0 Å². The summed E-state index contributed by atoms with van der Waals surface area (Å²) in [4.78, 5) is 0.0136. The molecule has 9 heteroatoms. The Kier molecular flexibility index (Phi) is 8.32. The van der Waals surface area contributed by atoms with Crippen LogP contribution in [0, 0.1) is 6.92 Å². The van der Waals surface area contributed by atoms with Crippen molar-refractivity contribution >= 4 is 22.4 Å². The summed E-state index contributed by atoms with van der Waals surface area (Å²) < 4.78 is 28.5. The third kappa shape index (κ3) is 6.47. The molecular weight excluding hydrogens is 380 g/mol. The van der Waals surface area contributed by atoms with Crippen LogP contribution >= 0.6 is 12.4 Å². The van der Waals surface area contributed by atoms with E-state index in [4.69, 9.17) is 9.88 Å². The SMILES string of the molecule is Cc1ccc(C(O)CNCCOc2ccc(O)cc2)cc1S(N)(=O)=O.Cl. The Morgan fingerprint density at radius 1 is 1.19 bits per heavy atom. The fourth-order valence-corrected chi connectivity index (χ4v) is 3.09. The number of halogens is 1. The molecule has 0 amide bonds. The summed E-state index contributed by atoms with van der Waals surface area (Å²) in [5, 5.41) is 27.6. The maximum absolute atomic E-state index is 11.5. The first-order chi connectivity index (χ1) is 11.8. The molecule has 1 unspecified atom stereocenters. The molecule has 0 aliphatic heterocycles. The molecule has 0 aromatic heterocycles. The smallest absolute Gasteiger partial charge is 0.238 e. The Bertz CT molecular complexity index is 812. The van der Waals surface area contributed by atoms with Gasteiger partial charge in [-0.3, -0.25) is 0 Å². The van der Waals surface area contributed by atoms with Crippen LogP contribution in [-0.2, 0) is 10.0 Å². The molecule has 2 aromatic rings. The van der Waals surface area contributed by atoms with Crippen LogP contribution in [-0.4, -0.2) is 38.3 Å². The number of aliphatic hydroxyl groups excluding tert-OH is 1. The van der Waals surface area contributed by atoms with Crippen molar-refractivity contribution in [1.82, 2.24) is 5.32 Å². The normalized spacial score (nSPS) is 12.3. The third-order valence-corrected chi connectivity index (χ3v) is 4.68. The molecule has 2 rings (SSSR count). The highest BCUT2D eigenvalue weighted by atomic mass is 35.5. The molecule has 7 nitrogen and oxygen atoms in total. The number of phenols is 1. The Balaban J connectivity index is 0.00000338. The predicted molar refractivity (Wildman–Crippen MR) is 101 cm³/mol. The van der Waals surface area contributed by atoms with Crippen LogP contribution in [0.5, 0.6) is 11.5 Å². The first-order valence-electron chi connectivity index (χ1n) is 7.71. The van der Waals surface area contributed by atoms with Crippen molar-refractivity contribution < 1.29 is 23.4 Å². The van der Waals surface area contributed by atoms with Gasteiger partial charge in [0, 0.05) is 13.1 Å². The second kappa shape index (κ2) is 9.75. The number of aryl methyl sites for hydroxylation is 1. The van der Waals surface area contributed by atoms with Gasteiger partial charge in [-0.1, -0.05) is 12.1 Å². The van der Waals surface area contributed by atoms with Crippen LogP contribution in [0.4, 0.5) is 0 Å². The lowest BCUT2D eigenvalue weighted by molar-refractivity contribution is 0.171. The van der Waals surface area contributed by atoms with Crippen molar-refractivity contribution in [2.45, 2.75) is 17.9 Å². The summed E-state index contributed by atoms with van der Waals surface area (Å²) in [5.41, 5.74) is 1.01. The standard InChI is InChI=1S/C17H22N2O5S.ClH/c1-12-2-3-13(10-17(12)25(18,22)23)16(21)11-19-8-9-24-15-6-4-14(20)5-7-15;/h2-7,10,16,19-21H,8-9,11H2,1H3,(H2,18,22,23);1H. The molecule has 2 aromatic carbocycles. The first-order valence-corrected chi connectivity index (χ1v) is 9.26. The average molecular weight is 403 g/mol. The van der Waals surface area contributed by atoms with E-state index in [1.54, 1.807) is 31.2 Å². The van der Waals surface area contributed by atoms with E-state index in [-0.39, 0.29) is 29.6 Å². The highest BCUT2D eigenvalue weighted by Crippen LogP contribution is 2.20. The number of benzene rings is 2. The average Bonchev–Trinajstić information content (AvgIpc) is 2.55. The quantitative estimate of drug-likeness (QED) is 0.496. The minimum atomic E-state index is -3.82. The van der Waals surface area contributed by atoms with E-state index in [1.807, 2.05) is 0 Å². The highest BCUT2D eigenvalue weighted by Gasteiger charge is 2.15. The second-order valence-electron chi connectivity index (χ2n) is 5.63. The van der Waals surface area contributed by atoms with Gasteiger partial charge in [0.25, 0.3) is 0 Å². The van der Waals surface area contributed by atoms with Crippen molar-refractivity contribution in [2.75, 3.05) is 19.7 Å². The molecule has 26 heavy (non-hydrogen) atoms. The number of aliphatic hydroxyl groups is 1. The lowest BCUT2D eigenvalue weighted by Crippen LogP contribution is -2.26. The van der Waals surface area contributed by atoms with Crippen LogP contribution in [0.15, 0.2) is 47.4 Å². The van der Waals surface area contributed by atoms with Gasteiger partial charge >= 0.3 is 0 Å². The van der Waals surface area contributed by atoms with Gasteiger partial charge in [-0.15, -0.1) is 12.4 Å². The number of nitrogens with two attached hydrogens (primary N) is 1. The largest absolute Gasteiger partial charge is 0.508 e. The zero-order chi connectivity index (χ0) is 18.4. The fourth-order valence-electron chi connectivity index (χ4n) is 2.27. The molecule has 0 aliphatic carbocycles. The van der Waals surface area contributed by atoms with Gasteiger partial charge in [-0.25, -0.2) is 13.6 Å². The van der Waals surface area contributed by atoms with Gasteiger partial charge in [-0.05, 0) is 48.4 Å². The number of hydrogen-bond donors (Lipinski definition) is 4. The number of primary sulfonamides is 1. The van der Waals surface area contributed by atoms with Gasteiger partial charge in [-0.2, -0.15) is 0 Å². The molecule has 0 saturated carbocycles. The minimum absolute atomic E-state index is 0. The molecule has 0 fully saturated rings. The minimum Gasteiger partial charge on any atom is -0.508 e. The van der Waals surface area contributed by atoms with Crippen molar-refractivity contribution in [3.63, 3.8) is 0 Å². The maximum atomic E-state index is 11.5. The zero-order valence-electron chi connectivity index (χ0n) is 14.3. The Morgan fingerprint density at radius 3 is 2.46 bits per heavy atom. The molecule has 5 N–H and O–H groups in total. The van der Waals surface area contributed by atoms with E-state index in [1.165, 1.54) is 18.2 Å². The van der Waals surface area contributed by atoms with E-state index >= 15 is 0 Å². The van der Waals surface area contributed by atoms with Gasteiger partial charge in [0.05, 0.1) is 11.0 Å². The molecular formula is C17H23ClN2O5S. The number of rotatable bonds is 8. The number of hydrogen-bond acceptors (Lipinski definition) is 6. The highest BCUT2D eigenvalue weighted by molar-refractivity contribution is 7.89. The second-order valence-corrected chi connectivity index (χ2v) is 7.16. The van der Waals surface area contributed by atoms with Crippen molar-refractivity contribution in [3.05, 3.63) is 53.6 Å². The van der Waals surface area contributed by atoms with Gasteiger partial charge in [0.1, 0.15) is 18.1 Å². The van der Waals surface area contributed by atoms with Crippen LogP contribution in [0.3, 0.4) is 0 Å². The summed E-state index contributed by atoms with van der Waals surface area (Å²) in [7, 11) is -3.82. The van der Waals surface area contributed by atoms with Gasteiger partial charge < -0.3 is 20.3 Å². The van der Waals surface area contributed by atoms with E-state index < -0.39 is 16.1 Å². The number of phenolic OH excluding ortho intramolecular Hbond substituents is 1. The lowest BCUT2D eigenvalue weighted by atomic mass is 10.1.